The van der Waals surface area contributed by atoms with Crippen LogP contribution in [0.3, 0.4) is 0 Å². The lowest BCUT2D eigenvalue weighted by Gasteiger charge is -2.07. The van der Waals surface area contributed by atoms with E-state index in [4.69, 9.17) is 14.3 Å². The maximum absolute atomic E-state index is 12.7. The summed E-state index contributed by atoms with van der Waals surface area (Å²) in [7, 11) is 0. The van der Waals surface area contributed by atoms with Gasteiger partial charge in [0.15, 0.2) is 0 Å². The number of carbonyl (C=O) groups is 1. The van der Waals surface area contributed by atoms with E-state index in [0.717, 1.165) is 22.6 Å². The van der Waals surface area contributed by atoms with Crippen molar-refractivity contribution in [2.45, 2.75) is 13.2 Å². The summed E-state index contributed by atoms with van der Waals surface area (Å²) in [6.45, 7) is 0.654. The first-order valence-electron chi connectivity index (χ1n) is 12.0. The molecule has 38 heavy (non-hydrogen) atoms. The van der Waals surface area contributed by atoms with Gasteiger partial charge in [-0.25, -0.2) is 4.68 Å². The van der Waals surface area contributed by atoms with Crippen molar-refractivity contribution < 1.29 is 13.9 Å². The summed E-state index contributed by atoms with van der Waals surface area (Å²) in [6.07, 6.45) is 4.89. The van der Waals surface area contributed by atoms with Crippen molar-refractivity contribution in [3.63, 3.8) is 0 Å². The molecular formula is C31H24N4O3. The number of para-hydroxylation sites is 1. The largest absolute Gasteiger partial charge is 0.489 e. The van der Waals surface area contributed by atoms with Crippen LogP contribution in [0.1, 0.15) is 16.9 Å². The van der Waals surface area contributed by atoms with Crippen molar-refractivity contribution in [1.82, 2.24) is 15.1 Å². The smallest absolute Gasteiger partial charge is 0.262 e. The number of aromatic nitrogens is 2. The minimum atomic E-state index is -0.494. The van der Waals surface area contributed by atoms with Gasteiger partial charge in [-0.05, 0) is 60.2 Å². The zero-order chi connectivity index (χ0) is 26.2. The fourth-order valence-electron chi connectivity index (χ4n) is 3.86. The second kappa shape index (κ2) is 11.6. The van der Waals surface area contributed by atoms with Gasteiger partial charge < -0.3 is 14.5 Å². The normalized spacial score (nSPS) is 11.1. The third kappa shape index (κ3) is 5.89. The van der Waals surface area contributed by atoms with Crippen LogP contribution in [0.25, 0.3) is 23.0 Å². The van der Waals surface area contributed by atoms with E-state index in [1.807, 2.05) is 97.2 Å². The van der Waals surface area contributed by atoms with E-state index in [9.17, 15) is 10.1 Å². The van der Waals surface area contributed by atoms with Gasteiger partial charge in [-0.2, -0.15) is 10.4 Å². The molecule has 1 amide bonds. The number of amides is 1. The average Bonchev–Trinajstić information content (AvgIpc) is 3.65. The average molecular weight is 501 g/mol. The van der Waals surface area contributed by atoms with E-state index < -0.39 is 5.91 Å². The number of nitrogens with zero attached hydrogens (tertiary/aromatic N) is 3. The Bertz CT molecular complexity index is 1560. The molecule has 0 atom stereocenters. The van der Waals surface area contributed by atoms with Crippen molar-refractivity contribution in [2.24, 2.45) is 0 Å². The van der Waals surface area contributed by atoms with Crippen LogP contribution >= 0.6 is 0 Å². The Morgan fingerprint density at radius 3 is 2.39 bits per heavy atom. The number of ether oxygens (including phenoxy) is 1. The topological polar surface area (TPSA) is 93.1 Å². The molecule has 3 aromatic carbocycles. The molecule has 0 fully saturated rings. The second-order valence-corrected chi connectivity index (χ2v) is 8.44. The van der Waals surface area contributed by atoms with Crippen LogP contribution in [0.15, 0.2) is 120 Å². The highest BCUT2D eigenvalue weighted by molar-refractivity contribution is 6.02. The SMILES string of the molecule is N#CC(=Cc1cn(-c2ccccc2)nc1-c1ccc(OCc2ccccc2)cc1)C(=O)NCc1ccco1. The molecule has 5 aromatic rings. The minimum absolute atomic E-state index is 0.0340. The van der Waals surface area contributed by atoms with E-state index in [1.54, 1.807) is 22.9 Å². The van der Waals surface area contributed by atoms with Crippen molar-refractivity contribution in [3.8, 4) is 28.8 Å². The Labute approximate surface area is 220 Å². The summed E-state index contributed by atoms with van der Waals surface area (Å²) < 4.78 is 12.9. The quantitative estimate of drug-likeness (QED) is 0.200. The van der Waals surface area contributed by atoms with Gasteiger partial charge >= 0.3 is 0 Å². The Kier molecular flexibility index (Phi) is 7.43. The predicted molar refractivity (Wildman–Crippen MR) is 144 cm³/mol. The van der Waals surface area contributed by atoms with E-state index in [-0.39, 0.29) is 12.1 Å². The summed E-state index contributed by atoms with van der Waals surface area (Å²) >= 11 is 0. The molecular weight excluding hydrogens is 476 g/mol. The summed E-state index contributed by atoms with van der Waals surface area (Å²) in [5.74, 6) is 0.835. The van der Waals surface area contributed by atoms with Crippen LogP contribution in [0.4, 0.5) is 0 Å². The van der Waals surface area contributed by atoms with Gasteiger partial charge in [0, 0.05) is 17.3 Å². The van der Waals surface area contributed by atoms with Crippen LogP contribution in [-0.4, -0.2) is 15.7 Å². The number of benzene rings is 3. The molecule has 2 heterocycles. The number of nitriles is 1. The first-order valence-corrected chi connectivity index (χ1v) is 12.0. The Hall–Kier alpha value is -5.35. The summed E-state index contributed by atoms with van der Waals surface area (Å²) in [4.78, 5) is 12.7. The number of furan rings is 1. The van der Waals surface area contributed by atoms with Gasteiger partial charge in [-0.1, -0.05) is 48.5 Å². The summed E-state index contributed by atoms with van der Waals surface area (Å²) in [6, 6.07) is 32.7. The first kappa shape index (κ1) is 24.3. The fourth-order valence-corrected chi connectivity index (χ4v) is 3.86. The first-order chi connectivity index (χ1) is 18.7. The highest BCUT2D eigenvalue weighted by atomic mass is 16.5. The molecule has 0 radical (unpaired) electrons. The highest BCUT2D eigenvalue weighted by Crippen LogP contribution is 2.28. The molecule has 0 saturated carbocycles. The third-order valence-electron chi connectivity index (χ3n) is 5.81. The maximum Gasteiger partial charge on any atom is 0.262 e. The number of hydrogen-bond acceptors (Lipinski definition) is 5. The van der Waals surface area contributed by atoms with E-state index in [2.05, 4.69) is 5.32 Å². The number of rotatable bonds is 9. The van der Waals surface area contributed by atoms with E-state index >= 15 is 0 Å². The molecule has 186 valence electrons. The fraction of sp³-hybridized carbons (Fsp3) is 0.0645. The lowest BCUT2D eigenvalue weighted by molar-refractivity contribution is -0.117. The minimum Gasteiger partial charge on any atom is -0.489 e. The van der Waals surface area contributed by atoms with Gasteiger partial charge in [0.25, 0.3) is 5.91 Å². The number of carbonyl (C=O) groups excluding carboxylic acids is 1. The zero-order valence-corrected chi connectivity index (χ0v) is 20.5. The van der Waals surface area contributed by atoms with Gasteiger partial charge in [-0.3, -0.25) is 4.79 Å². The molecule has 0 spiro atoms. The number of nitrogens with one attached hydrogen (secondary N) is 1. The second-order valence-electron chi connectivity index (χ2n) is 8.44. The zero-order valence-electron chi connectivity index (χ0n) is 20.5. The van der Waals surface area contributed by atoms with Crippen LogP contribution in [0.2, 0.25) is 0 Å². The molecule has 0 aliphatic carbocycles. The number of hydrogen-bond donors (Lipinski definition) is 1. The third-order valence-corrected chi connectivity index (χ3v) is 5.81. The Morgan fingerprint density at radius 2 is 1.71 bits per heavy atom. The van der Waals surface area contributed by atoms with Crippen molar-refractivity contribution in [2.75, 3.05) is 0 Å². The Morgan fingerprint density at radius 1 is 0.974 bits per heavy atom. The van der Waals surface area contributed by atoms with E-state index in [1.165, 1.54) is 6.26 Å². The van der Waals surface area contributed by atoms with Crippen LogP contribution < -0.4 is 10.1 Å². The lowest BCUT2D eigenvalue weighted by Crippen LogP contribution is -2.23. The molecule has 1 N–H and O–H groups in total. The molecule has 0 saturated heterocycles. The molecule has 0 aliphatic rings. The van der Waals surface area contributed by atoms with Crippen molar-refractivity contribution in [3.05, 3.63) is 132 Å². The monoisotopic (exact) mass is 500 g/mol. The van der Waals surface area contributed by atoms with Gasteiger partial charge in [0.05, 0.1) is 24.2 Å². The molecule has 0 aliphatic heterocycles. The molecule has 2 aromatic heterocycles. The van der Waals surface area contributed by atoms with Crippen LogP contribution in [-0.2, 0) is 17.9 Å². The van der Waals surface area contributed by atoms with Gasteiger partial charge in [0.2, 0.25) is 0 Å². The molecule has 0 bridgehead atoms. The predicted octanol–water partition coefficient (Wildman–Crippen LogP) is 5.93. The standard InChI is InChI=1S/C31H24N4O3/c32-19-25(31(36)33-20-29-12-7-17-37-29)18-26-21-35(27-10-5-2-6-11-27)34-30(26)24-13-15-28(16-14-24)38-22-23-8-3-1-4-9-23/h1-18,21H,20,22H2,(H,33,36). The van der Waals surface area contributed by atoms with Gasteiger partial charge in [0.1, 0.15) is 29.8 Å². The molecule has 0 unspecified atom stereocenters. The van der Waals surface area contributed by atoms with Crippen molar-refractivity contribution >= 4 is 12.0 Å². The maximum atomic E-state index is 12.7. The van der Waals surface area contributed by atoms with Crippen molar-refractivity contribution in [1.29, 1.82) is 5.26 Å². The Balaban J connectivity index is 1.42. The highest BCUT2D eigenvalue weighted by Gasteiger charge is 2.15. The molecule has 5 rings (SSSR count). The van der Waals surface area contributed by atoms with Gasteiger partial charge in [-0.15, -0.1) is 0 Å². The molecule has 7 nitrogen and oxygen atoms in total. The molecule has 7 heteroatoms. The lowest BCUT2D eigenvalue weighted by atomic mass is 10.1. The van der Waals surface area contributed by atoms with E-state index in [0.29, 0.717) is 23.6 Å². The summed E-state index contributed by atoms with van der Waals surface area (Å²) in [5.41, 5.74) is 4.00. The van der Waals surface area contributed by atoms with Crippen LogP contribution in [0, 0.1) is 11.3 Å². The van der Waals surface area contributed by atoms with Crippen LogP contribution in [0.5, 0.6) is 5.75 Å². The summed E-state index contributed by atoms with van der Waals surface area (Å²) in [5, 5.41) is 17.2.